The molecule has 0 unspecified atom stereocenters. The lowest BCUT2D eigenvalue weighted by Crippen LogP contribution is -2.29. The second-order valence-electron chi connectivity index (χ2n) is 3.18. The highest BCUT2D eigenvalue weighted by Crippen LogP contribution is 2.45. The Morgan fingerprint density at radius 1 is 1.50 bits per heavy atom. The van der Waals surface area contributed by atoms with E-state index in [4.69, 9.17) is 0 Å². The van der Waals surface area contributed by atoms with Crippen molar-refractivity contribution in [3.63, 3.8) is 0 Å². The Balaban J connectivity index is 2.40. The first kappa shape index (κ1) is 7.79. The highest BCUT2D eigenvalue weighted by molar-refractivity contribution is 7.93. The molecule has 4 nitrogen and oxygen atoms in total. The third-order valence-corrected chi connectivity index (χ3v) is 4.38. The first-order valence-corrected chi connectivity index (χ1v) is 5.60. The summed E-state index contributed by atoms with van der Waals surface area (Å²) in [5.41, 5.74) is 4.23. The molecule has 0 spiro atoms. The van der Waals surface area contributed by atoms with Crippen LogP contribution in [0.1, 0.15) is 12.8 Å². The van der Waals surface area contributed by atoms with Gasteiger partial charge in [-0.3, -0.25) is 0 Å². The zero-order valence-corrected chi connectivity index (χ0v) is 7.50. The van der Waals surface area contributed by atoms with Gasteiger partial charge in [0.05, 0.1) is 11.9 Å². The van der Waals surface area contributed by atoms with E-state index in [2.05, 4.69) is 10.5 Å². The molecule has 1 saturated carbocycles. The van der Waals surface area contributed by atoms with Gasteiger partial charge in [0.2, 0.25) is 0 Å². The quantitative estimate of drug-likeness (QED) is 0.610. The maximum Gasteiger partial charge on any atom is 0.158 e. The van der Waals surface area contributed by atoms with E-state index in [0.717, 1.165) is 0 Å². The molecule has 0 saturated heterocycles. The smallest absolute Gasteiger partial charge is 0.158 e. The third kappa shape index (κ3) is 0.891. The van der Waals surface area contributed by atoms with Crippen molar-refractivity contribution >= 4 is 15.5 Å². The zero-order chi connectivity index (χ0) is 8.82. The van der Waals surface area contributed by atoms with Crippen LogP contribution >= 0.6 is 0 Å². The standard InChI is InChI=1S/C7H9N2O2S/c1-12(10,11)7(3-4-7)6-2-5-8-9-6/h2,5H,3-4H2,1H3. The van der Waals surface area contributed by atoms with Crippen LogP contribution in [0.15, 0.2) is 17.4 Å². The van der Waals surface area contributed by atoms with Crippen LogP contribution in [0.2, 0.25) is 0 Å². The molecular formula is C7H9N2O2S. The van der Waals surface area contributed by atoms with Crippen molar-refractivity contribution in [2.75, 3.05) is 6.26 Å². The lowest BCUT2D eigenvalue weighted by molar-refractivity contribution is 0.595. The summed E-state index contributed by atoms with van der Waals surface area (Å²) in [4.78, 5) is 0. The summed E-state index contributed by atoms with van der Waals surface area (Å²) < 4.78 is 22.0. The van der Waals surface area contributed by atoms with Gasteiger partial charge in [0.15, 0.2) is 9.84 Å². The molecule has 1 fully saturated rings. The summed E-state index contributed by atoms with van der Waals surface area (Å²) in [6, 6.07) is 0. The molecule has 1 heterocycles. The van der Waals surface area contributed by atoms with Gasteiger partial charge in [-0.25, -0.2) is 8.42 Å². The van der Waals surface area contributed by atoms with Gasteiger partial charge in [-0.05, 0) is 18.9 Å². The first-order valence-electron chi connectivity index (χ1n) is 3.71. The lowest BCUT2D eigenvalue weighted by Gasteiger charge is -2.09. The monoisotopic (exact) mass is 185 g/mol. The number of hydrogen-bond donors (Lipinski definition) is 0. The number of allylic oxidation sites excluding steroid dienone is 1. The molecule has 1 aliphatic heterocycles. The summed E-state index contributed by atoms with van der Waals surface area (Å²) in [6.45, 7) is 0. The molecule has 12 heavy (non-hydrogen) atoms. The number of sulfone groups is 1. The van der Waals surface area contributed by atoms with E-state index in [-0.39, 0.29) is 0 Å². The maximum absolute atomic E-state index is 11.3. The van der Waals surface area contributed by atoms with Crippen LogP contribution in [-0.4, -0.2) is 25.1 Å². The Morgan fingerprint density at radius 2 is 2.17 bits per heavy atom. The van der Waals surface area contributed by atoms with E-state index < -0.39 is 14.6 Å². The fraction of sp³-hybridized carbons (Fsp3) is 0.571. The topological polar surface area (TPSA) is 60.6 Å². The molecule has 0 aromatic carbocycles. The van der Waals surface area contributed by atoms with Crippen LogP contribution in [0.4, 0.5) is 0 Å². The van der Waals surface area contributed by atoms with E-state index in [0.29, 0.717) is 18.6 Å². The molecule has 0 atom stereocenters. The van der Waals surface area contributed by atoms with E-state index in [1.54, 1.807) is 6.08 Å². The molecule has 0 N–H and O–H groups in total. The Hall–Kier alpha value is -0.840. The Bertz CT molecular complexity index is 363. The molecule has 65 valence electrons. The van der Waals surface area contributed by atoms with Gasteiger partial charge < -0.3 is 0 Å². The number of rotatable bonds is 2. The fourth-order valence-corrected chi connectivity index (χ4v) is 2.74. The van der Waals surface area contributed by atoms with Crippen molar-refractivity contribution < 1.29 is 8.42 Å². The van der Waals surface area contributed by atoms with Gasteiger partial charge in [-0.2, -0.15) is 10.5 Å². The van der Waals surface area contributed by atoms with E-state index >= 15 is 0 Å². The van der Waals surface area contributed by atoms with Gasteiger partial charge in [0.25, 0.3) is 0 Å². The summed E-state index contributed by atoms with van der Waals surface area (Å²) in [7, 11) is -3.02. The van der Waals surface area contributed by atoms with Crippen molar-refractivity contribution in [2.24, 2.45) is 5.10 Å². The Morgan fingerprint density at radius 3 is 2.50 bits per heavy atom. The van der Waals surface area contributed by atoms with E-state index in [9.17, 15) is 8.42 Å². The van der Waals surface area contributed by atoms with Crippen LogP contribution in [0.5, 0.6) is 0 Å². The van der Waals surface area contributed by atoms with Crippen LogP contribution in [-0.2, 0) is 9.84 Å². The Labute approximate surface area is 71.3 Å². The van der Waals surface area contributed by atoms with Crippen LogP contribution in [0.25, 0.3) is 0 Å². The van der Waals surface area contributed by atoms with Crippen LogP contribution in [0, 0.1) is 0 Å². The summed E-state index contributed by atoms with van der Waals surface area (Å²) in [6.07, 6.45) is 5.83. The third-order valence-electron chi connectivity index (χ3n) is 2.35. The minimum Gasteiger partial charge on any atom is -0.228 e. The normalized spacial score (nSPS) is 24.9. The SMILES string of the molecule is CS(=O)(=O)C1(C2=N[N]C=C2)CC1. The summed E-state index contributed by atoms with van der Waals surface area (Å²) >= 11 is 0. The van der Waals surface area contributed by atoms with Crippen molar-refractivity contribution in [3.05, 3.63) is 12.3 Å². The van der Waals surface area contributed by atoms with Gasteiger partial charge in [0.1, 0.15) is 4.75 Å². The van der Waals surface area contributed by atoms with Gasteiger partial charge in [-0.15, -0.1) is 0 Å². The fourth-order valence-electron chi connectivity index (χ4n) is 1.41. The van der Waals surface area contributed by atoms with Gasteiger partial charge in [0, 0.05) is 6.26 Å². The number of nitrogens with zero attached hydrogens (tertiary/aromatic N) is 2. The molecule has 1 aliphatic carbocycles. The molecular weight excluding hydrogens is 176 g/mol. The van der Waals surface area contributed by atoms with Crippen molar-refractivity contribution in [1.82, 2.24) is 5.43 Å². The van der Waals surface area contributed by atoms with E-state index in [1.165, 1.54) is 12.5 Å². The molecule has 0 aromatic heterocycles. The predicted molar refractivity (Wildman–Crippen MR) is 45.5 cm³/mol. The molecule has 0 bridgehead atoms. The molecule has 2 aliphatic rings. The second kappa shape index (κ2) is 2.10. The summed E-state index contributed by atoms with van der Waals surface area (Å²) in [5.74, 6) is 0. The van der Waals surface area contributed by atoms with E-state index in [1.807, 2.05) is 0 Å². The molecule has 0 amide bonds. The number of hydrogen-bond acceptors (Lipinski definition) is 3. The molecule has 5 heteroatoms. The first-order chi connectivity index (χ1) is 5.56. The largest absolute Gasteiger partial charge is 0.228 e. The van der Waals surface area contributed by atoms with Gasteiger partial charge in [-0.1, -0.05) is 0 Å². The predicted octanol–water partition coefficient (Wildman–Crippen LogP) is 0.0513. The highest BCUT2D eigenvalue weighted by atomic mass is 32.2. The highest BCUT2D eigenvalue weighted by Gasteiger charge is 2.56. The van der Waals surface area contributed by atoms with Gasteiger partial charge >= 0.3 is 0 Å². The molecule has 1 radical (unpaired) electrons. The minimum atomic E-state index is -3.02. The zero-order valence-electron chi connectivity index (χ0n) is 6.69. The molecule has 2 rings (SSSR count). The lowest BCUT2D eigenvalue weighted by atomic mass is 10.2. The average Bonchev–Trinajstić information content (AvgIpc) is 2.61. The van der Waals surface area contributed by atoms with Crippen molar-refractivity contribution in [1.29, 1.82) is 0 Å². The second-order valence-corrected chi connectivity index (χ2v) is 5.51. The maximum atomic E-state index is 11.3. The van der Waals surface area contributed by atoms with Crippen molar-refractivity contribution in [2.45, 2.75) is 17.6 Å². The minimum absolute atomic E-state index is 0.602. The van der Waals surface area contributed by atoms with Crippen molar-refractivity contribution in [3.8, 4) is 0 Å². The average molecular weight is 185 g/mol. The Kier molecular flexibility index (Phi) is 1.36. The van der Waals surface area contributed by atoms with Crippen LogP contribution < -0.4 is 5.43 Å². The van der Waals surface area contributed by atoms with Crippen LogP contribution in [0.3, 0.4) is 0 Å². The summed E-state index contributed by atoms with van der Waals surface area (Å²) in [5, 5.41) is 3.79. The molecule has 0 aromatic rings.